The number of benzene rings is 2. The van der Waals surface area contributed by atoms with E-state index in [0.717, 1.165) is 51.6 Å². The maximum atomic E-state index is 6.08. The van der Waals surface area contributed by atoms with Crippen molar-refractivity contribution >= 4 is 11.6 Å². The molecular formula is C24H21ClN2O. The normalized spacial score (nSPS) is 14.1. The van der Waals surface area contributed by atoms with Gasteiger partial charge in [0.1, 0.15) is 18.1 Å². The maximum Gasteiger partial charge on any atom is 0.122 e. The molecule has 28 heavy (non-hydrogen) atoms. The van der Waals surface area contributed by atoms with Crippen molar-refractivity contribution in [3.05, 3.63) is 82.6 Å². The Morgan fingerprint density at radius 3 is 2.43 bits per heavy atom. The fourth-order valence-corrected chi connectivity index (χ4v) is 2.96. The van der Waals surface area contributed by atoms with E-state index in [9.17, 15) is 0 Å². The molecule has 1 aliphatic carbocycles. The SMILES string of the molecule is Cc1cc(C#Cc2ccc(-c3ccc(Cl)cc3)cn2)ccc1OCC1(N)CC1. The first-order valence-corrected chi connectivity index (χ1v) is 9.65. The second kappa shape index (κ2) is 7.67. The Balaban J connectivity index is 1.44. The van der Waals surface area contributed by atoms with Crippen LogP contribution in [0.1, 0.15) is 29.7 Å². The van der Waals surface area contributed by atoms with Gasteiger partial charge in [0.25, 0.3) is 0 Å². The van der Waals surface area contributed by atoms with Gasteiger partial charge in [-0.2, -0.15) is 0 Å². The molecule has 1 heterocycles. The predicted molar refractivity (Wildman–Crippen MR) is 113 cm³/mol. The van der Waals surface area contributed by atoms with Crippen LogP contribution in [0.2, 0.25) is 5.02 Å². The Morgan fingerprint density at radius 1 is 1.04 bits per heavy atom. The van der Waals surface area contributed by atoms with E-state index in [1.165, 1.54) is 0 Å². The van der Waals surface area contributed by atoms with Gasteiger partial charge in [0.05, 0.1) is 5.54 Å². The number of aryl methyl sites for hydroxylation is 1. The molecule has 0 spiro atoms. The number of hydrogen-bond acceptors (Lipinski definition) is 3. The van der Waals surface area contributed by atoms with Crippen molar-refractivity contribution in [1.82, 2.24) is 4.98 Å². The van der Waals surface area contributed by atoms with Crippen LogP contribution >= 0.6 is 11.6 Å². The Bertz CT molecular complexity index is 1040. The molecule has 0 aliphatic heterocycles. The van der Waals surface area contributed by atoms with E-state index in [0.29, 0.717) is 6.61 Å². The van der Waals surface area contributed by atoms with Crippen LogP contribution in [-0.2, 0) is 0 Å². The highest BCUT2D eigenvalue weighted by atomic mass is 35.5. The molecule has 3 nitrogen and oxygen atoms in total. The monoisotopic (exact) mass is 388 g/mol. The second-order valence-electron chi connectivity index (χ2n) is 7.32. The number of rotatable bonds is 4. The van der Waals surface area contributed by atoms with Gasteiger partial charge >= 0.3 is 0 Å². The Hall–Kier alpha value is -2.80. The molecule has 0 unspecified atom stereocenters. The van der Waals surface area contributed by atoms with Crippen molar-refractivity contribution < 1.29 is 4.74 Å². The first kappa shape index (κ1) is 18.6. The smallest absolute Gasteiger partial charge is 0.122 e. The molecule has 4 rings (SSSR count). The lowest BCUT2D eigenvalue weighted by Crippen LogP contribution is -2.29. The highest BCUT2D eigenvalue weighted by molar-refractivity contribution is 6.30. The minimum absolute atomic E-state index is 0.116. The fourth-order valence-electron chi connectivity index (χ4n) is 2.83. The van der Waals surface area contributed by atoms with Gasteiger partial charge in [0, 0.05) is 22.3 Å². The van der Waals surface area contributed by atoms with Crippen LogP contribution in [-0.4, -0.2) is 17.1 Å². The Morgan fingerprint density at radius 2 is 1.79 bits per heavy atom. The maximum absolute atomic E-state index is 6.08. The highest BCUT2D eigenvalue weighted by Crippen LogP contribution is 2.33. The summed E-state index contributed by atoms with van der Waals surface area (Å²) in [5.74, 6) is 7.16. The third-order valence-electron chi connectivity index (χ3n) is 4.86. The van der Waals surface area contributed by atoms with E-state index in [4.69, 9.17) is 22.1 Å². The standard InChI is InChI=1S/C24H21ClN2O/c1-17-14-18(3-11-23(17)28-16-24(26)12-13-24)2-9-22-10-6-20(15-27-22)19-4-7-21(25)8-5-19/h3-8,10-11,14-15H,12-13,16,26H2,1H3. The summed E-state index contributed by atoms with van der Waals surface area (Å²) in [6.45, 7) is 2.60. The average Bonchev–Trinajstić information content (AvgIpc) is 3.44. The zero-order valence-electron chi connectivity index (χ0n) is 15.7. The Labute approximate surface area is 170 Å². The molecule has 1 aliphatic rings. The quantitative estimate of drug-likeness (QED) is 0.641. The summed E-state index contributed by atoms with van der Waals surface area (Å²) in [5.41, 5.74) is 10.8. The average molecular weight is 389 g/mol. The largest absolute Gasteiger partial charge is 0.491 e. The number of ether oxygens (including phenoxy) is 1. The molecule has 1 fully saturated rings. The minimum Gasteiger partial charge on any atom is -0.491 e. The van der Waals surface area contributed by atoms with Gasteiger partial charge in [0.15, 0.2) is 0 Å². The summed E-state index contributed by atoms with van der Waals surface area (Å²) in [5, 5.41) is 0.723. The Kier molecular flexibility index (Phi) is 5.09. The van der Waals surface area contributed by atoms with E-state index in [2.05, 4.69) is 16.8 Å². The summed E-state index contributed by atoms with van der Waals surface area (Å²) >= 11 is 5.94. The summed E-state index contributed by atoms with van der Waals surface area (Å²) in [6.07, 6.45) is 3.91. The molecule has 1 saturated carbocycles. The van der Waals surface area contributed by atoms with Crippen LogP contribution < -0.4 is 10.5 Å². The molecular weight excluding hydrogens is 368 g/mol. The van der Waals surface area contributed by atoms with E-state index in [1.54, 1.807) is 0 Å². The van der Waals surface area contributed by atoms with E-state index in [1.807, 2.05) is 67.7 Å². The van der Waals surface area contributed by atoms with Crippen LogP contribution in [0.4, 0.5) is 0 Å². The van der Waals surface area contributed by atoms with Crippen LogP contribution in [0, 0.1) is 18.8 Å². The zero-order chi connectivity index (χ0) is 19.6. The van der Waals surface area contributed by atoms with Gasteiger partial charge in [-0.1, -0.05) is 35.7 Å². The predicted octanol–water partition coefficient (Wildman–Crippen LogP) is 4.98. The van der Waals surface area contributed by atoms with E-state index < -0.39 is 0 Å². The van der Waals surface area contributed by atoms with Gasteiger partial charge in [-0.05, 0) is 73.2 Å². The summed E-state index contributed by atoms with van der Waals surface area (Å²) in [6, 6.07) is 17.6. The third kappa shape index (κ3) is 4.54. The molecule has 3 aromatic rings. The number of nitrogens with two attached hydrogens (primary N) is 1. The molecule has 0 saturated heterocycles. The van der Waals surface area contributed by atoms with Gasteiger partial charge in [0.2, 0.25) is 0 Å². The van der Waals surface area contributed by atoms with Crippen LogP contribution in [0.5, 0.6) is 5.75 Å². The fraction of sp³-hybridized carbons (Fsp3) is 0.208. The molecule has 0 bridgehead atoms. The topological polar surface area (TPSA) is 48.1 Å². The number of aromatic nitrogens is 1. The molecule has 2 aromatic carbocycles. The second-order valence-corrected chi connectivity index (χ2v) is 7.76. The van der Waals surface area contributed by atoms with Crippen LogP contribution in [0.15, 0.2) is 60.8 Å². The number of nitrogens with zero attached hydrogens (tertiary/aromatic N) is 1. The lowest BCUT2D eigenvalue weighted by Gasteiger charge is -2.13. The molecule has 140 valence electrons. The van der Waals surface area contributed by atoms with Crippen molar-refractivity contribution in [3.8, 4) is 28.7 Å². The van der Waals surface area contributed by atoms with Crippen molar-refractivity contribution in [2.75, 3.05) is 6.61 Å². The van der Waals surface area contributed by atoms with Gasteiger partial charge in [-0.25, -0.2) is 4.98 Å². The highest BCUT2D eigenvalue weighted by Gasteiger charge is 2.39. The van der Waals surface area contributed by atoms with E-state index >= 15 is 0 Å². The van der Waals surface area contributed by atoms with Crippen molar-refractivity contribution in [1.29, 1.82) is 0 Å². The number of pyridine rings is 1. The number of hydrogen-bond donors (Lipinski definition) is 1. The number of halogens is 1. The molecule has 0 radical (unpaired) electrons. The first-order chi connectivity index (χ1) is 13.5. The third-order valence-corrected chi connectivity index (χ3v) is 5.11. The molecule has 4 heteroatoms. The summed E-state index contributed by atoms with van der Waals surface area (Å²) in [7, 11) is 0. The lowest BCUT2D eigenvalue weighted by molar-refractivity contribution is 0.278. The lowest BCUT2D eigenvalue weighted by atomic mass is 10.1. The van der Waals surface area contributed by atoms with Gasteiger partial charge < -0.3 is 10.5 Å². The van der Waals surface area contributed by atoms with Crippen molar-refractivity contribution in [2.24, 2.45) is 5.73 Å². The van der Waals surface area contributed by atoms with Crippen LogP contribution in [0.3, 0.4) is 0 Å². The van der Waals surface area contributed by atoms with Crippen molar-refractivity contribution in [2.45, 2.75) is 25.3 Å². The van der Waals surface area contributed by atoms with E-state index in [-0.39, 0.29) is 5.54 Å². The summed E-state index contributed by atoms with van der Waals surface area (Å²) < 4.78 is 5.85. The molecule has 0 atom stereocenters. The molecule has 1 aromatic heterocycles. The van der Waals surface area contributed by atoms with Crippen LogP contribution in [0.25, 0.3) is 11.1 Å². The van der Waals surface area contributed by atoms with Gasteiger partial charge in [-0.15, -0.1) is 0 Å². The molecule has 0 amide bonds. The summed E-state index contributed by atoms with van der Waals surface area (Å²) in [4.78, 5) is 4.45. The zero-order valence-corrected chi connectivity index (χ0v) is 16.5. The molecule has 2 N–H and O–H groups in total. The first-order valence-electron chi connectivity index (χ1n) is 9.27. The minimum atomic E-state index is -0.116. The van der Waals surface area contributed by atoms with Crippen molar-refractivity contribution in [3.63, 3.8) is 0 Å². The van der Waals surface area contributed by atoms with Gasteiger partial charge in [-0.3, -0.25) is 0 Å².